The second-order valence-corrected chi connectivity index (χ2v) is 2.91. The molecule has 1 aromatic heterocycles. The van der Waals surface area contributed by atoms with Crippen LogP contribution in [0.1, 0.15) is 12.5 Å². The van der Waals surface area contributed by atoms with Crippen LogP contribution in [0.5, 0.6) is 0 Å². The van der Waals surface area contributed by atoms with Crippen LogP contribution < -0.4 is 0 Å². The predicted molar refractivity (Wildman–Crippen MR) is 44.4 cm³/mol. The third-order valence-electron chi connectivity index (χ3n) is 0.734. The van der Waals surface area contributed by atoms with Gasteiger partial charge in [-0.1, -0.05) is 0 Å². The van der Waals surface area contributed by atoms with Gasteiger partial charge in [0.2, 0.25) is 0 Å². The highest BCUT2D eigenvalue weighted by Gasteiger charge is 1.97. The molecule has 3 heteroatoms. The molecular formula is C6H5Br2N. The Morgan fingerprint density at radius 1 is 1.78 bits per heavy atom. The molecule has 0 aliphatic heterocycles. The smallest absolute Gasteiger partial charge is 0.0840 e. The van der Waals surface area contributed by atoms with Gasteiger partial charge in [0.1, 0.15) is 0 Å². The molecular weight excluding hydrogens is 246 g/mol. The average Bonchev–Trinajstić information content (AvgIpc) is 2.06. The average molecular weight is 256 g/mol. The topological polar surface area (TPSA) is 12.9 Å². The number of rotatable bonds is 0. The molecule has 48 valence electrons. The van der Waals surface area contributed by atoms with E-state index in [9.17, 15) is 0 Å². The molecule has 0 aliphatic carbocycles. The van der Waals surface area contributed by atoms with Gasteiger partial charge >= 0.3 is 0 Å². The molecule has 0 bridgehead atoms. The van der Waals surface area contributed by atoms with Gasteiger partial charge in [0, 0.05) is 14.8 Å². The van der Waals surface area contributed by atoms with Crippen molar-refractivity contribution in [1.82, 2.24) is 4.98 Å². The second kappa shape index (κ2) is 2.80. The molecule has 1 heterocycles. The van der Waals surface area contributed by atoms with Crippen molar-refractivity contribution in [1.29, 1.82) is 0 Å². The molecule has 0 fully saturated rings. The first-order chi connectivity index (χ1) is 6.25. The molecule has 0 spiro atoms. The quantitative estimate of drug-likeness (QED) is 0.695. The summed E-state index contributed by atoms with van der Waals surface area (Å²) in [5.41, 5.74) is -0.203. The van der Waals surface area contributed by atoms with E-state index in [2.05, 4.69) is 36.8 Å². The van der Waals surface area contributed by atoms with Crippen molar-refractivity contribution in [3.63, 3.8) is 0 Å². The zero-order chi connectivity index (χ0) is 11.1. The Labute approximate surface area is 77.8 Å². The van der Waals surface area contributed by atoms with Crippen LogP contribution in [0.25, 0.3) is 0 Å². The fourth-order valence-electron chi connectivity index (χ4n) is 0.341. The number of nitrogens with zero attached hydrogens (tertiary/aromatic N) is 1. The molecule has 0 saturated heterocycles. The number of hydrogen-bond acceptors (Lipinski definition) is 1. The van der Waals surface area contributed by atoms with E-state index in [0.717, 1.165) is 0 Å². The van der Waals surface area contributed by atoms with E-state index >= 15 is 0 Å². The molecule has 0 saturated carbocycles. The summed E-state index contributed by atoms with van der Waals surface area (Å²) < 4.78 is 36.6. The minimum atomic E-state index is -2.38. The molecule has 0 unspecified atom stereocenters. The molecule has 0 N–H and O–H groups in total. The van der Waals surface area contributed by atoms with Gasteiger partial charge in [0.25, 0.3) is 0 Å². The normalized spacial score (nSPS) is 19.1. The van der Waals surface area contributed by atoms with Crippen molar-refractivity contribution in [3.05, 3.63) is 26.9 Å². The standard InChI is InChI=1S/C6H5Br2N/c1-4-6(8)5(7)2-3-9-4/h2-3H,1H3/i1D3,2D,3D. The zero-order valence-electron chi connectivity index (χ0n) is 9.20. The van der Waals surface area contributed by atoms with Crippen LogP contribution in [-0.2, 0) is 0 Å². The first-order valence-electron chi connectivity index (χ1n) is 4.58. The molecule has 1 aromatic rings. The monoisotopic (exact) mass is 254 g/mol. The van der Waals surface area contributed by atoms with Gasteiger partial charge in [0.15, 0.2) is 0 Å². The minimum absolute atomic E-state index is 0.134. The summed E-state index contributed by atoms with van der Waals surface area (Å²) in [6.07, 6.45) is -0.355. The van der Waals surface area contributed by atoms with Crippen molar-refractivity contribution in [2.45, 2.75) is 6.85 Å². The third-order valence-corrected chi connectivity index (χ3v) is 2.63. The van der Waals surface area contributed by atoms with Crippen molar-refractivity contribution in [3.8, 4) is 0 Å². The van der Waals surface area contributed by atoms with Crippen molar-refractivity contribution in [2.75, 3.05) is 0 Å². The molecule has 0 aliphatic rings. The third kappa shape index (κ3) is 1.52. The van der Waals surface area contributed by atoms with Crippen LogP contribution in [0.3, 0.4) is 0 Å². The van der Waals surface area contributed by atoms with E-state index in [-0.39, 0.29) is 26.9 Å². The second-order valence-electron chi connectivity index (χ2n) is 1.33. The Bertz CT molecular complexity index is 375. The number of pyridine rings is 1. The van der Waals surface area contributed by atoms with Gasteiger partial charge in [-0.05, 0) is 44.8 Å². The highest BCUT2D eigenvalue weighted by Crippen LogP contribution is 2.23. The lowest BCUT2D eigenvalue weighted by Crippen LogP contribution is -1.80. The summed E-state index contributed by atoms with van der Waals surface area (Å²) in [6, 6.07) is -0.134. The molecule has 1 rings (SSSR count). The first kappa shape index (κ1) is 3.01. The van der Waals surface area contributed by atoms with Gasteiger partial charge in [-0.2, -0.15) is 0 Å². The molecule has 0 radical (unpaired) electrons. The number of halogens is 2. The summed E-state index contributed by atoms with van der Waals surface area (Å²) in [5.74, 6) is 0. The molecule has 0 atom stereocenters. The summed E-state index contributed by atoms with van der Waals surface area (Å²) in [5, 5.41) is 0. The Hall–Kier alpha value is 0.110. The predicted octanol–water partition coefficient (Wildman–Crippen LogP) is 2.92. The lowest BCUT2D eigenvalue weighted by atomic mass is 10.4. The first-order valence-corrected chi connectivity index (χ1v) is 3.66. The number of hydrogen-bond donors (Lipinski definition) is 0. The van der Waals surface area contributed by atoms with Gasteiger partial charge in [0.05, 0.1) is 12.9 Å². The van der Waals surface area contributed by atoms with E-state index in [1.165, 1.54) is 0 Å². The molecule has 9 heavy (non-hydrogen) atoms. The maximum atomic E-state index is 7.38. The van der Waals surface area contributed by atoms with Crippen LogP contribution in [0, 0.1) is 6.85 Å². The Morgan fingerprint density at radius 2 is 2.56 bits per heavy atom. The maximum absolute atomic E-state index is 7.38. The summed E-state index contributed by atoms with van der Waals surface area (Å²) in [6.45, 7) is -2.38. The summed E-state index contributed by atoms with van der Waals surface area (Å²) in [4.78, 5) is 3.54. The molecule has 0 aromatic carbocycles. The lowest BCUT2D eigenvalue weighted by molar-refractivity contribution is 1.17. The van der Waals surface area contributed by atoms with Crippen molar-refractivity contribution < 1.29 is 6.85 Å². The van der Waals surface area contributed by atoms with Crippen LogP contribution in [0.2, 0.25) is 0 Å². The van der Waals surface area contributed by atoms with E-state index in [4.69, 9.17) is 6.85 Å². The number of aryl methyl sites for hydroxylation is 1. The maximum Gasteiger partial charge on any atom is 0.0840 e. The Balaban J connectivity index is 3.49. The van der Waals surface area contributed by atoms with Crippen LogP contribution in [0.4, 0.5) is 0 Å². The van der Waals surface area contributed by atoms with Crippen molar-refractivity contribution in [2.24, 2.45) is 0 Å². The van der Waals surface area contributed by atoms with Crippen LogP contribution in [0.15, 0.2) is 21.2 Å². The fraction of sp³-hybridized carbons (Fsp3) is 0.167. The van der Waals surface area contributed by atoms with Crippen molar-refractivity contribution >= 4 is 31.9 Å². The summed E-state index contributed by atoms with van der Waals surface area (Å²) in [7, 11) is 0. The molecule has 1 nitrogen and oxygen atoms in total. The van der Waals surface area contributed by atoms with Crippen LogP contribution >= 0.6 is 31.9 Å². The van der Waals surface area contributed by atoms with Gasteiger partial charge < -0.3 is 0 Å². The van der Waals surface area contributed by atoms with E-state index in [1.807, 2.05) is 0 Å². The number of aromatic nitrogens is 1. The SMILES string of the molecule is [2H]c1nc(C([2H])([2H])[2H])c(Br)c(Br)c1[2H]. The lowest BCUT2D eigenvalue weighted by Gasteiger charge is -1.96. The van der Waals surface area contributed by atoms with Gasteiger partial charge in [-0.25, -0.2) is 0 Å². The van der Waals surface area contributed by atoms with E-state index < -0.39 is 6.85 Å². The zero-order valence-corrected chi connectivity index (χ0v) is 7.38. The fourth-order valence-corrected chi connectivity index (χ4v) is 0.805. The summed E-state index contributed by atoms with van der Waals surface area (Å²) >= 11 is 6.06. The van der Waals surface area contributed by atoms with Gasteiger partial charge in [-0.3, -0.25) is 4.98 Å². The largest absolute Gasteiger partial charge is 0.260 e. The highest BCUT2D eigenvalue weighted by molar-refractivity contribution is 9.13. The highest BCUT2D eigenvalue weighted by atomic mass is 79.9. The van der Waals surface area contributed by atoms with Gasteiger partial charge in [-0.15, -0.1) is 0 Å². The van der Waals surface area contributed by atoms with E-state index in [1.54, 1.807) is 0 Å². The van der Waals surface area contributed by atoms with Crippen LogP contribution in [-0.4, -0.2) is 4.98 Å². The Kier molecular flexibility index (Phi) is 0.935. The minimum Gasteiger partial charge on any atom is -0.260 e. The Morgan fingerprint density at radius 3 is 3.22 bits per heavy atom. The molecule has 0 amide bonds. The van der Waals surface area contributed by atoms with E-state index in [0.29, 0.717) is 0 Å².